The Balaban J connectivity index is 1.53. The first-order valence-corrected chi connectivity index (χ1v) is 10.9. The van der Waals surface area contributed by atoms with E-state index in [1.807, 2.05) is 12.1 Å². The van der Waals surface area contributed by atoms with Gasteiger partial charge in [0, 0.05) is 11.8 Å². The van der Waals surface area contributed by atoms with E-state index < -0.39 is 0 Å². The number of hydrogen-bond acceptors (Lipinski definition) is 2. The summed E-state index contributed by atoms with van der Waals surface area (Å²) in [5.41, 5.74) is 4.74. The average Bonchev–Trinajstić information content (AvgIpc) is 3.40. The van der Waals surface area contributed by atoms with Crippen LogP contribution in [0.5, 0.6) is 0 Å². The third-order valence-corrected chi connectivity index (χ3v) is 7.55. The predicted octanol–water partition coefficient (Wildman–Crippen LogP) is 6.46. The molecule has 2 bridgehead atoms. The summed E-state index contributed by atoms with van der Waals surface area (Å²) in [4.78, 5) is 7.34. The van der Waals surface area contributed by atoms with Gasteiger partial charge in [-0.3, -0.25) is 4.40 Å². The molecule has 0 radical (unpaired) electrons. The molecule has 2 nitrogen and oxygen atoms in total. The van der Waals surface area contributed by atoms with Crippen molar-refractivity contribution in [2.75, 3.05) is 0 Å². The van der Waals surface area contributed by atoms with Crippen LogP contribution in [0.4, 0.5) is 4.39 Å². The number of imidazole rings is 1. The average molecular weight is 381 g/mol. The van der Waals surface area contributed by atoms with Gasteiger partial charge in [0.05, 0.1) is 16.3 Å². The van der Waals surface area contributed by atoms with E-state index in [9.17, 15) is 4.39 Å². The van der Waals surface area contributed by atoms with Crippen LogP contribution >= 0.6 is 11.3 Å². The summed E-state index contributed by atoms with van der Waals surface area (Å²) in [6, 6.07) is 6.68. The molecule has 1 fully saturated rings. The Labute approximate surface area is 163 Å². The molecule has 2 aliphatic rings. The highest BCUT2D eigenvalue weighted by atomic mass is 32.1. The second-order valence-electron chi connectivity index (χ2n) is 8.38. The van der Waals surface area contributed by atoms with Gasteiger partial charge in [0.15, 0.2) is 4.96 Å². The molecule has 2 heterocycles. The van der Waals surface area contributed by atoms with Gasteiger partial charge in [-0.05, 0) is 72.8 Å². The van der Waals surface area contributed by atoms with Gasteiger partial charge in [-0.15, -0.1) is 0 Å². The second kappa shape index (κ2) is 6.30. The number of rotatable bonds is 4. The Morgan fingerprint density at radius 3 is 2.63 bits per heavy atom. The van der Waals surface area contributed by atoms with Crippen molar-refractivity contribution in [2.45, 2.75) is 40.0 Å². The maximum Gasteiger partial charge on any atom is 0.195 e. The van der Waals surface area contributed by atoms with E-state index in [0.717, 1.165) is 46.3 Å². The lowest BCUT2D eigenvalue weighted by molar-refractivity contribution is 0.332. The van der Waals surface area contributed by atoms with E-state index in [2.05, 4.69) is 37.4 Å². The highest BCUT2D eigenvalue weighted by molar-refractivity contribution is 7.18. The van der Waals surface area contributed by atoms with Gasteiger partial charge in [-0.2, -0.15) is 0 Å². The molecule has 2 aliphatic carbocycles. The minimum atomic E-state index is -0.206. The molecule has 1 saturated carbocycles. The zero-order chi connectivity index (χ0) is 18.7. The topological polar surface area (TPSA) is 17.3 Å². The van der Waals surface area contributed by atoms with Crippen LogP contribution in [0, 0.1) is 29.5 Å². The number of nitrogens with zero attached hydrogens (tertiary/aromatic N) is 2. The summed E-state index contributed by atoms with van der Waals surface area (Å²) in [7, 11) is 0. The number of halogens is 1. The molecule has 3 aromatic rings. The molecular weight excluding hydrogens is 355 g/mol. The number of hydrogen-bond donors (Lipinski definition) is 0. The first-order valence-electron chi connectivity index (χ1n) is 10.0. The lowest BCUT2D eigenvalue weighted by Crippen LogP contribution is -2.14. The van der Waals surface area contributed by atoms with Crippen molar-refractivity contribution in [3.8, 4) is 11.3 Å². The van der Waals surface area contributed by atoms with Gasteiger partial charge < -0.3 is 0 Å². The molecule has 0 saturated heterocycles. The molecule has 0 spiro atoms. The summed E-state index contributed by atoms with van der Waals surface area (Å²) in [5, 5.41) is 0. The number of aromatic nitrogens is 2. The Hall–Kier alpha value is -1.94. The van der Waals surface area contributed by atoms with E-state index in [4.69, 9.17) is 4.98 Å². The van der Waals surface area contributed by atoms with Crippen molar-refractivity contribution in [2.24, 2.45) is 23.7 Å². The van der Waals surface area contributed by atoms with Crippen LogP contribution in [0.1, 0.15) is 44.2 Å². The number of benzene rings is 1. The quantitative estimate of drug-likeness (QED) is 0.508. The largest absolute Gasteiger partial charge is 0.293 e. The minimum Gasteiger partial charge on any atom is -0.293 e. The normalized spacial score (nSPS) is 24.3. The van der Waals surface area contributed by atoms with Crippen LogP contribution in [0.25, 0.3) is 21.8 Å². The number of aryl methyl sites for hydroxylation is 1. The SMILES string of the molecule is CCc1c(-c2ccc(F)cc2)nc2sc(C3=CC4CC3CC4C(C)C)cn12. The Bertz CT molecular complexity index is 1020. The van der Waals surface area contributed by atoms with Crippen molar-refractivity contribution >= 4 is 21.9 Å². The van der Waals surface area contributed by atoms with Crippen LogP contribution in [0.3, 0.4) is 0 Å². The van der Waals surface area contributed by atoms with Crippen LogP contribution < -0.4 is 0 Å². The fourth-order valence-electron chi connectivity index (χ4n) is 5.17. The van der Waals surface area contributed by atoms with E-state index in [-0.39, 0.29) is 5.82 Å². The summed E-state index contributed by atoms with van der Waals surface area (Å²) in [6.45, 7) is 6.89. The van der Waals surface area contributed by atoms with Crippen molar-refractivity contribution in [1.29, 1.82) is 0 Å². The summed E-state index contributed by atoms with van der Waals surface area (Å²) in [5.74, 6) is 2.93. The lowest BCUT2D eigenvalue weighted by atomic mass is 9.82. The molecular formula is C23H25FN2S. The molecule has 5 rings (SSSR count). The van der Waals surface area contributed by atoms with Crippen LogP contribution in [-0.2, 0) is 6.42 Å². The smallest absolute Gasteiger partial charge is 0.195 e. The van der Waals surface area contributed by atoms with Gasteiger partial charge in [0.1, 0.15) is 5.82 Å². The van der Waals surface area contributed by atoms with Gasteiger partial charge >= 0.3 is 0 Å². The van der Waals surface area contributed by atoms with Gasteiger partial charge in [0.25, 0.3) is 0 Å². The molecule has 2 aromatic heterocycles. The van der Waals surface area contributed by atoms with Crippen LogP contribution in [0.2, 0.25) is 0 Å². The standard InChI is InChI=1S/C23H25FN2S/c1-4-20-22(14-5-7-17(24)8-6-14)25-23-26(20)12-21(27-23)19-11-15-9-16(19)10-18(15)13(2)3/h5-8,11-13,15-16,18H,4,9-10H2,1-3H3. The van der Waals surface area contributed by atoms with E-state index in [1.54, 1.807) is 16.9 Å². The third kappa shape index (κ3) is 2.68. The maximum atomic E-state index is 13.3. The zero-order valence-corrected chi connectivity index (χ0v) is 16.9. The second-order valence-corrected chi connectivity index (χ2v) is 9.39. The summed E-state index contributed by atoms with van der Waals surface area (Å²) >= 11 is 1.80. The first-order chi connectivity index (χ1) is 13.0. The van der Waals surface area contributed by atoms with Gasteiger partial charge in [-0.25, -0.2) is 9.37 Å². The maximum absolute atomic E-state index is 13.3. The molecule has 3 unspecified atom stereocenters. The van der Waals surface area contributed by atoms with Crippen molar-refractivity contribution in [3.63, 3.8) is 0 Å². The lowest BCUT2D eigenvalue weighted by Gasteiger charge is -2.24. The van der Waals surface area contributed by atoms with Crippen LogP contribution in [0.15, 0.2) is 36.5 Å². The number of allylic oxidation sites excluding steroid dienone is 2. The molecule has 0 aliphatic heterocycles. The zero-order valence-electron chi connectivity index (χ0n) is 16.1. The number of fused-ring (bicyclic) bond motifs is 3. The van der Waals surface area contributed by atoms with E-state index >= 15 is 0 Å². The molecule has 27 heavy (non-hydrogen) atoms. The fourth-order valence-corrected chi connectivity index (χ4v) is 6.27. The minimum absolute atomic E-state index is 0.206. The van der Waals surface area contributed by atoms with E-state index in [1.165, 1.54) is 35.5 Å². The molecule has 1 aromatic carbocycles. The van der Waals surface area contributed by atoms with Crippen molar-refractivity contribution in [3.05, 3.63) is 52.9 Å². The predicted molar refractivity (Wildman–Crippen MR) is 110 cm³/mol. The van der Waals surface area contributed by atoms with Gasteiger partial charge in [0.2, 0.25) is 0 Å². The van der Waals surface area contributed by atoms with Crippen LogP contribution in [-0.4, -0.2) is 9.38 Å². The van der Waals surface area contributed by atoms with Gasteiger partial charge in [-0.1, -0.05) is 38.2 Å². The Kier molecular flexibility index (Phi) is 4.01. The van der Waals surface area contributed by atoms with E-state index in [0.29, 0.717) is 0 Å². The number of thiazole rings is 1. The monoisotopic (exact) mass is 380 g/mol. The van der Waals surface area contributed by atoms with Crippen molar-refractivity contribution in [1.82, 2.24) is 9.38 Å². The summed E-state index contributed by atoms with van der Waals surface area (Å²) < 4.78 is 15.5. The molecule has 0 amide bonds. The molecule has 3 atom stereocenters. The van der Waals surface area contributed by atoms with Crippen molar-refractivity contribution < 1.29 is 4.39 Å². The highest BCUT2D eigenvalue weighted by Gasteiger charge is 2.42. The Morgan fingerprint density at radius 2 is 2.00 bits per heavy atom. The first kappa shape index (κ1) is 17.2. The summed E-state index contributed by atoms with van der Waals surface area (Å²) in [6.07, 6.45) is 8.42. The fraction of sp³-hybridized carbons (Fsp3) is 0.435. The third-order valence-electron chi connectivity index (χ3n) is 6.52. The Morgan fingerprint density at radius 1 is 1.22 bits per heavy atom. The highest BCUT2D eigenvalue weighted by Crippen LogP contribution is 2.54. The molecule has 0 N–H and O–H groups in total. The molecule has 140 valence electrons. The molecule has 4 heteroatoms.